The Bertz CT molecular complexity index is 623. The zero-order chi connectivity index (χ0) is 20.5. The molecule has 2 fully saturated rings. The largest absolute Gasteiger partial charge is 0.376 e. The van der Waals surface area contributed by atoms with Crippen LogP contribution in [0.2, 0.25) is 0 Å². The number of halogens is 1. The second-order valence-corrected chi connectivity index (χ2v) is 8.41. The van der Waals surface area contributed by atoms with E-state index in [0.717, 1.165) is 70.9 Å². The third kappa shape index (κ3) is 6.57. The van der Waals surface area contributed by atoms with Gasteiger partial charge in [-0.15, -0.1) is 24.0 Å². The first-order chi connectivity index (χ1) is 14.2. The summed E-state index contributed by atoms with van der Waals surface area (Å²) >= 11 is 0. The van der Waals surface area contributed by atoms with Gasteiger partial charge in [-0.3, -0.25) is 4.99 Å². The summed E-state index contributed by atoms with van der Waals surface area (Å²) in [7, 11) is 1.89. The van der Waals surface area contributed by atoms with Crippen LogP contribution in [-0.4, -0.2) is 63.0 Å². The van der Waals surface area contributed by atoms with Gasteiger partial charge in [-0.1, -0.05) is 44.2 Å². The molecule has 1 N–H and O–H groups in total. The first kappa shape index (κ1) is 25.4. The Kier molecular flexibility index (Phi) is 10.9. The number of rotatable bonds is 8. The summed E-state index contributed by atoms with van der Waals surface area (Å²) in [5.41, 5.74) is 1.55. The molecule has 5 nitrogen and oxygen atoms in total. The second-order valence-electron chi connectivity index (χ2n) is 8.41. The standard InChI is InChI=1S/C24H39N3O2.HI/c1-4-24(5-2,20-10-7-6-8-11-20)19-26-23(25-3)27-15-13-21(14-16-27)29-18-22-12-9-17-28-22;/h6-8,10-11,21-22H,4-5,9,12-19H2,1-3H3,(H,25,26);1H. The molecule has 1 unspecified atom stereocenters. The highest BCUT2D eigenvalue weighted by Gasteiger charge is 2.30. The molecule has 0 aliphatic carbocycles. The Morgan fingerprint density at radius 2 is 1.87 bits per heavy atom. The fraction of sp³-hybridized carbons (Fsp3) is 0.708. The number of likely N-dealkylation sites (tertiary alicyclic amines) is 1. The van der Waals surface area contributed by atoms with Crippen LogP contribution in [0.1, 0.15) is 57.9 Å². The van der Waals surface area contributed by atoms with E-state index in [2.05, 4.69) is 59.4 Å². The van der Waals surface area contributed by atoms with Gasteiger partial charge in [-0.05, 0) is 44.1 Å². The van der Waals surface area contributed by atoms with E-state index in [1.54, 1.807) is 0 Å². The summed E-state index contributed by atoms with van der Waals surface area (Å²) in [5, 5.41) is 3.69. The Morgan fingerprint density at radius 3 is 2.43 bits per heavy atom. The zero-order valence-electron chi connectivity index (χ0n) is 18.9. The molecule has 1 atom stereocenters. The monoisotopic (exact) mass is 529 g/mol. The van der Waals surface area contributed by atoms with Crippen LogP contribution in [0.4, 0.5) is 0 Å². The Labute approximate surface area is 200 Å². The van der Waals surface area contributed by atoms with Crippen molar-refractivity contribution in [2.24, 2.45) is 4.99 Å². The summed E-state index contributed by atoms with van der Waals surface area (Å²) in [5.74, 6) is 1.02. The van der Waals surface area contributed by atoms with Gasteiger partial charge in [0.25, 0.3) is 0 Å². The number of nitrogens with zero attached hydrogens (tertiary/aromatic N) is 2. The second kappa shape index (κ2) is 12.9. The van der Waals surface area contributed by atoms with Crippen molar-refractivity contribution in [2.75, 3.05) is 39.9 Å². The van der Waals surface area contributed by atoms with Crippen LogP contribution >= 0.6 is 24.0 Å². The van der Waals surface area contributed by atoms with E-state index in [4.69, 9.17) is 9.47 Å². The van der Waals surface area contributed by atoms with Gasteiger partial charge in [0.15, 0.2) is 5.96 Å². The lowest BCUT2D eigenvalue weighted by Gasteiger charge is -2.37. The normalized spacial score (nSPS) is 20.8. The van der Waals surface area contributed by atoms with Gasteiger partial charge in [-0.2, -0.15) is 0 Å². The minimum atomic E-state index is 0. The van der Waals surface area contributed by atoms with E-state index in [0.29, 0.717) is 12.2 Å². The Morgan fingerprint density at radius 1 is 1.17 bits per heavy atom. The van der Waals surface area contributed by atoms with Gasteiger partial charge in [0.1, 0.15) is 0 Å². The molecule has 1 aromatic carbocycles. The highest BCUT2D eigenvalue weighted by molar-refractivity contribution is 14.0. The summed E-state index contributed by atoms with van der Waals surface area (Å²) in [6, 6.07) is 10.9. The van der Waals surface area contributed by atoms with Crippen LogP contribution in [0.15, 0.2) is 35.3 Å². The highest BCUT2D eigenvalue weighted by atomic mass is 127. The molecule has 170 valence electrons. The van der Waals surface area contributed by atoms with Crippen LogP contribution in [0.3, 0.4) is 0 Å². The van der Waals surface area contributed by atoms with Gasteiger partial charge in [0, 0.05) is 38.7 Å². The molecule has 0 radical (unpaired) electrons. The lowest BCUT2D eigenvalue weighted by molar-refractivity contribution is -0.0367. The van der Waals surface area contributed by atoms with Crippen molar-refractivity contribution in [3.05, 3.63) is 35.9 Å². The zero-order valence-corrected chi connectivity index (χ0v) is 21.3. The minimum Gasteiger partial charge on any atom is -0.376 e. The number of ether oxygens (including phenoxy) is 2. The lowest BCUT2D eigenvalue weighted by Crippen LogP contribution is -2.50. The van der Waals surface area contributed by atoms with Gasteiger partial charge in [0.2, 0.25) is 0 Å². The molecular weight excluding hydrogens is 489 g/mol. The van der Waals surface area contributed by atoms with Gasteiger partial charge < -0.3 is 19.7 Å². The molecule has 2 saturated heterocycles. The third-order valence-corrected chi connectivity index (χ3v) is 6.82. The van der Waals surface area contributed by atoms with E-state index in [1.165, 1.54) is 12.0 Å². The number of aliphatic imine (C=N–C) groups is 1. The first-order valence-corrected chi connectivity index (χ1v) is 11.4. The van der Waals surface area contributed by atoms with Crippen molar-refractivity contribution >= 4 is 29.9 Å². The van der Waals surface area contributed by atoms with Crippen LogP contribution in [0.5, 0.6) is 0 Å². The van der Waals surface area contributed by atoms with Crippen molar-refractivity contribution in [1.82, 2.24) is 10.2 Å². The summed E-state index contributed by atoms with van der Waals surface area (Å²) in [6.07, 6.45) is 7.31. The molecule has 0 aromatic heterocycles. The smallest absolute Gasteiger partial charge is 0.193 e. The lowest BCUT2D eigenvalue weighted by atomic mass is 9.76. The molecule has 1 aromatic rings. The van der Waals surface area contributed by atoms with Crippen molar-refractivity contribution in [2.45, 2.75) is 70.0 Å². The van der Waals surface area contributed by atoms with Crippen molar-refractivity contribution in [1.29, 1.82) is 0 Å². The van der Waals surface area contributed by atoms with E-state index in [9.17, 15) is 0 Å². The predicted molar refractivity (Wildman–Crippen MR) is 135 cm³/mol. The van der Waals surface area contributed by atoms with Crippen LogP contribution < -0.4 is 5.32 Å². The number of nitrogens with one attached hydrogen (secondary N) is 1. The SMILES string of the molecule is CCC(CC)(CNC(=NC)N1CCC(OCC2CCCO2)CC1)c1ccccc1.I. The number of piperidine rings is 1. The molecule has 0 bridgehead atoms. The number of benzene rings is 1. The van der Waals surface area contributed by atoms with Crippen LogP contribution in [-0.2, 0) is 14.9 Å². The maximum absolute atomic E-state index is 6.12. The minimum absolute atomic E-state index is 0. The number of hydrogen-bond donors (Lipinski definition) is 1. The van der Waals surface area contributed by atoms with E-state index < -0.39 is 0 Å². The van der Waals surface area contributed by atoms with Crippen LogP contribution in [0, 0.1) is 0 Å². The fourth-order valence-electron chi connectivity index (χ4n) is 4.64. The quantitative estimate of drug-likeness (QED) is 0.304. The maximum atomic E-state index is 6.12. The topological polar surface area (TPSA) is 46.1 Å². The van der Waals surface area contributed by atoms with Gasteiger partial charge in [0.05, 0.1) is 18.8 Å². The van der Waals surface area contributed by atoms with E-state index in [-0.39, 0.29) is 29.4 Å². The summed E-state index contributed by atoms with van der Waals surface area (Å²) in [6.45, 7) is 9.12. The molecule has 0 spiro atoms. The molecule has 3 rings (SSSR count). The molecule has 0 amide bonds. The number of guanidine groups is 1. The highest BCUT2D eigenvalue weighted by Crippen LogP contribution is 2.31. The van der Waals surface area contributed by atoms with Gasteiger partial charge >= 0.3 is 0 Å². The first-order valence-electron chi connectivity index (χ1n) is 11.4. The third-order valence-electron chi connectivity index (χ3n) is 6.82. The average molecular weight is 530 g/mol. The average Bonchev–Trinajstić information content (AvgIpc) is 3.31. The van der Waals surface area contributed by atoms with Gasteiger partial charge in [-0.25, -0.2) is 0 Å². The van der Waals surface area contributed by atoms with Crippen LogP contribution in [0.25, 0.3) is 0 Å². The molecule has 2 aliphatic rings. The van der Waals surface area contributed by atoms with Crippen molar-refractivity contribution in [3.8, 4) is 0 Å². The van der Waals surface area contributed by atoms with Crippen molar-refractivity contribution in [3.63, 3.8) is 0 Å². The molecule has 0 saturated carbocycles. The van der Waals surface area contributed by atoms with E-state index >= 15 is 0 Å². The Hall–Kier alpha value is -0.860. The molecular formula is C24H40IN3O2. The molecule has 6 heteroatoms. The fourth-order valence-corrected chi connectivity index (χ4v) is 4.64. The summed E-state index contributed by atoms with van der Waals surface area (Å²) < 4.78 is 11.8. The maximum Gasteiger partial charge on any atom is 0.193 e. The molecule has 30 heavy (non-hydrogen) atoms. The Balaban J connectivity index is 0.00000320. The summed E-state index contributed by atoms with van der Waals surface area (Å²) in [4.78, 5) is 6.96. The van der Waals surface area contributed by atoms with E-state index in [1.807, 2.05) is 7.05 Å². The molecule has 2 aliphatic heterocycles. The predicted octanol–water partition coefficient (Wildman–Crippen LogP) is 4.60. The molecule has 2 heterocycles. The number of hydrogen-bond acceptors (Lipinski definition) is 3. The van der Waals surface area contributed by atoms with Crippen molar-refractivity contribution < 1.29 is 9.47 Å².